The van der Waals surface area contributed by atoms with Gasteiger partial charge >= 0.3 is 26.2 Å². The van der Waals surface area contributed by atoms with Crippen molar-refractivity contribution >= 4 is 0 Å². The molecule has 0 radical (unpaired) electrons. The molecule has 1 aliphatic carbocycles. The van der Waals surface area contributed by atoms with Crippen LogP contribution < -0.4 is 0 Å². The van der Waals surface area contributed by atoms with Gasteiger partial charge in [-0.2, -0.15) is 0 Å². The fourth-order valence-corrected chi connectivity index (χ4v) is 0.937. The molecule has 0 aromatic heterocycles. The third-order valence-corrected chi connectivity index (χ3v) is 1.62. The van der Waals surface area contributed by atoms with Crippen LogP contribution in [0.4, 0.5) is 0 Å². The quantitative estimate of drug-likeness (QED) is 0.576. The van der Waals surface area contributed by atoms with E-state index in [1.54, 1.807) is 0 Å². The summed E-state index contributed by atoms with van der Waals surface area (Å²) in [5.74, 6) is 0. The first-order chi connectivity index (χ1) is 4.11. The van der Waals surface area contributed by atoms with Gasteiger partial charge in [-0.3, -0.25) is 0 Å². The Morgan fingerprint density at radius 2 is 1.40 bits per heavy atom. The van der Waals surface area contributed by atoms with Gasteiger partial charge in [0.2, 0.25) is 0 Å². The summed E-state index contributed by atoms with van der Waals surface area (Å²) in [4.78, 5) is 0. The van der Waals surface area contributed by atoms with Crippen molar-refractivity contribution in [2.75, 3.05) is 21.1 Å². The van der Waals surface area contributed by atoms with Crippen molar-refractivity contribution in [2.24, 2.45) is 0 Å². The molecule has 0 bridgehead atoms. The molecule has 1 nitrogen and oxygen atoms in total. The first kappa shape index (κ1) is 10.3. The Balaban J connectivity index is 0.000000810. The molecule has 0 fully saturated rings. The van der Waals surface area contributed by atoms with E-state index in [1.807, 2.05) is 0 Å². The predicted octanol–water partition coefficient (Wildman–Crippen LogP) is 1.18. The molecule has 0 amide bonds. The standard InChI is InChI=1S/C8H14N.Zr/c1-9(2,3)8-6-4-5-7-8;/h4-8H,1-3H3;/q+1;+4. The van der Waals surface area contributed by atoms with Crippen molar-refractivity contribution in [1.29, 1.82) is 0 Å². The van der Waals surface area contributed by atoms with E-state index in [9.17, 15) is 0 Å². The Bertz CT molecular complexity index is 141. The summed E-state index contributed by atoms with van der Waals surface area (Å²) in [7, 11) is 6.60. The molecule has 0 atom stereocenters. The van der Waals surface area contributed by atoms with Crippen LogP contribution in [-0.4, -0.2) is 31.7 Å². The molecule has 0 aromatic rings. The molecule has 10 heavy (non-hydrogen) atoms. The summed E-state index contributed by atoms with van der Waals surface area (Å²) < 4.78 is 0.993. The molecule has 0 heterocycles. The third kappa shape index (κ3) is 2.51. The van der Waals surface area contributed by atoms with Gasteiger partial charge in [-0.15, -0.1) is 0 Å². The monoisotopic (exact) mass is 214 g/mol. The van der Waals surface area contributed by atoms with Gasteiger partial charge in [-0.1, -0.05) is 12.2 Å². The van der Waals surface area contributed by atoms with Gasteiger partial charge in [0.15, 0.2) is 0 Å². The number of likely N-dealkylation sites (N-methyl/N-ethyl adjacent to an activating group) is 1. The molecule has 0 N–H and O–H groups in total. The number of hydrogen-bond donors (Lipinski definition) is 0. The summed E-state index contributed by atoms with van der Waals surface area (Å²) in [5, 5.41) is 0. The molecule has 50 valence electrons. The number of hydrogen-bond acceptors (Lipinski definition) is 0. The average Bonchev–Trinajstić information content (AvgIpc) is 2.08. The molecule has 0 saturated carbocycles. The van der Waals surface area contributed by atoms with Crippen molar-refractivity contribution < 1.29 is 30.7 Å². The first-order valence-corrected chi connectivity index (χ1v) is 3.27. The minimum absolute atomic E-state index is 0. The van der Waals surface area contributed by atoms with Crippen molar-refractivity contribution in [2.45, 2.75) is 6.04 Å². The SMILES string of the molecule is C[N+](C)(C)C1C=CC=C1.[Zr+4]. The van der Waals surface area contributed by atoms with Crippen LogP contribution in [0.5, 0.6) is 0 Å². The minimum Gasteiger partial charge on any atom is -0.322 e. The van der Waals surface area contributed by atoms with Gasteiger partial charge in [-0.05, 0) is 12.2 Å². The fourth-order valence-electron chi connectivity index (χ4n) is 0.937. The molecular formula is C8H14NZr+5. The van der Waals surface area contributed by atoms with Crippen LogP contribution in [0.3, 0.4) is 0 Å². The van der Waals surface area contributed by atoms with Gasteiger partial charge < -0.3 is 4.48 Å². The minimum atomic E-state index is 0. The Morgan fingerprint density at radius 3 is 1.60 bits per heavy atom. The molecule has 2 heteroatoms. The first-order valence-electron chi connectivity index (χ1n) is 3.27. The second-order valence-corrected chi connectivity index (χ2v) is 3.38. The third-order valence-electron chi connectivity index (χ3n) is 1.62. The molecule has 1 rings (SSSR count). The molecule has 0 unspecified atom stereocenters. The predicted molar refractivity (Wildman–Crippen MR) is 40.1 cm³/mol. The smallest absolute Gasteiger partial charge is 0.322 e. The Morgan fingerprint density at radius 1 is 1.00 bits per heavy atom. The molecule has 0 saturated heterocycles. The van der Waals surface area contributed by atoms with Gasteiger partial charge in [0.25, 0.3) is 0 Å². The molecule has 0 spiro atoms. The Hall–Kier alpha value is 0.323. The van der Waals surface area contributed by atoms with E-state index in [-0.39, 0.29) is 26.2 Å². The van der Waals surface area contributed by atoms with Gasteiger partial charge in [-0.25, -0.2) is 0 Å². The second kappa shape index (κ2) is 3.64. The van der Waals surface area contributed by atoms with E-state index < -0.39 is 0 Å². The topological polar surface area (TPSA) is 0 Å². The number of rotatable bonds is 1. The van der Waals surface area contributed by atoms with E-state index in [4.69, 9.17) is 0 Å². The van der Waals surface area contributed by atoms with Gasteiger partial charge in [0.1, 0.15) is 6.04 Å². The van der Waals surface area contributed by atoms with E-state index in [0.717, 1.165) is 4.48 Å². The summed E-state index contributed by atoms with van der Waals surface area (Å²) >= 11 is 0. The zero-order valence-electron chi connectivity index (χ0n) is 6.83. The van der Waals surface area contributed by atoms with Crippen molar-refractivity contribution in [3.63, 3.8) is 0 Å². The van der Waals surface area contributed by atoms with Crippen LogP contribution in [0, 0.1) is 0 Å². The Labute approximate surface area is 82.1 Å². The van der Waals surface area contributed by atoms with Crippen LogP contribution >= 0.6 is 0 Å². The second-order valence-electron chi connectivity index (χ2n) is 3.38. The summed E-state index contributed by atoms with van der Waals surface area (Å²) in [6, 6.07) is 0.588. The van der Waals surface area contributed by atoms with Gasteiger partial charge in [0.05, 0.1) is 21.1 Å². The number of quaternary nitrogens is 1. The normalized spacial score (nSPS) is 17.5. The molecule has 0 aliphatic heterocycles. The van der Waals surface area contributed by atoms with Crippen LogP contribution in [0.25, 0.3) is 0 Å². The van der Waals surface area contributed by atoms with Crippen LogP contribution in [-0.2, 0) is 26.2 Å². The van der Waals surface area contributed by atoms with E-state index in [0.29, 0.717) is 6.04 Å². The van der Waals surface area contributed by atoms with Crippen LogP contribution in [0.15, 0.2) is 24.3 Å². The zero-order chi connectivity index (χ0) is 6.91. The maximum absolute atomic E-state index is 2.22. The van der Waals surface area contributed by atoms with Crippen molar-refractivity contribution in [3.05, 3.63) is 24.3 Å². The van der Waals surface area contributed by atoms with E-state index in [2.05, 4.69) is 45.4 Å². The number of nitrogens with zero attached hydrogens (tertiary/aromatic N) is 1. The van der Waals surface area contributed by atoms with Gasteiger partial charge in [0, 0.05) is 0 Å². The van der Waals surface area contributed by atoms with Crippen molar-refractivity contribution in [3.8, 4) is 0 Å². The summed E-state index contributed by atoms with van der Waals surface area (Å²) in [5.41, 5.74) is 0. The van der Waals surface area contributed by atoms with E-state index >= 15 is 0 Å². The van der Waals surface area contributed by atoms with Crippen LogP contribution in [0.2, 0.25) is 0 Å². The number of allylic oxidation sites excluding steroid dienone is 2. The fraction of sp³-hybridized carbons (Fsp3) is 0.500. The average molecular weight is 215 g/mol. The zero-order valence-corrected chi connectivity index (χ0v) is 9.29. The molecule has 0 aromatic carbocycles. The van der Waals surface area contributed by atoms with E-state index in [1.165, 1.54) is 0 Å². The van der Waals surface area contributed by atoms with Crippen LogP contribution in [0.1, 0.15) is 0 Å². The van der Waals surface area contributed by atoms with Crippen molar-refractivity contribution in [1.82, 2.24) is 0 Å². The maximum atomic E-state index is 2.22. The molecule has 1 aliphatic rings. The molecular weight excluding hydrogens is 201 g/mol. The Kier molecular flexibility index (Phi) is 3.76. The largest absolute Gasteiger partial charge is 4.00 e. The summed E-state index contributed by atoms with van der Waals surface area (Å²) in [6.45, 7) is 0. The summed E-state index contributed by atoms with van der Waals surface area (Å²) in [6.07, 6.45) is 8.66. The maximum Gasteiger partial charge on any atom is 4.00 e.